The molecule has 3 rings (SSSR count). The van der Waals surface area contributed by atoms with Crippen molar-refractivity contribution in [1.29, 1.82) is 0 Å². The first-order valence-electron chi connectivity index (χ1n) is 5.78. The number of rotatable bonds is 3. The second kappa shape index (κ2) is 4.95. The minimum absolute atomic E-state index is 0.239. The Morgan fingerprint density at radius 1 is 1.35 bits per heavy atom. The van der Waals surface area contributed by atoms with Crippen molar-refractivity contribution >= 4 is 17.2 Å². The third-order valence-electron chi connectivity index (χ3n) is 2.70. The summed E-state index contributed by atoms with van der Waals surface area (Å²) in [5, 5.41) is 10.5. The molecule has 0 aliphatic rings. The lowest BCUT2D eigenvalue weighted by Crippen LogP contribution is -2.12. The van der Waals surface area contributed by atoms with Crippen LogP contribution < -0.4 is 16.2 Å². The highest BCUT2D eigenvalue weighted by Gasteiger charge is 2.07. The largest absolute Gasteiger partial charge is 0.436 e. The van der Waals surface area contributed by atoms with E-state index in [0.717, 1.165) is 10.1 Å². The summed E-state index contributed by atoms with van der Waals surface area (Å²) in [5.41, 5.74) is 6.40. The molecular weight excluding hydrogens is 282 g/mol. The summed E-state index contributed by atoms with van der Waals surface area (Å²) in [6.07, 6.45) is 0. The molecule has 8 heteroatoms. The Hall–Kier alpha value is -2.38. The molecule has 2 heterocycles. The number of nitrogens with two attached hydrogens (primary N) is 1. The van der Waals surface area contributed by atoms with E-state index in [0.29, 0.717) is 23.0 Å². The van der Waals surface area contributed by atoms with Crippen LogP contribution in [-0.2, 0) is 6.54 Å². The predicted octanol–water partition coefficient (Wildman–Crippen LogP) is 1.32. The first kappa shape index (κ1) is 12.6. The van der Waals surface area contributed by atoms with E-state index in [2.05, 4.69) is 15.3 Å². The van der Waals surface area contributed by atoms with E-state index in [1.165, 1.54) is 0 Å². The number of nitrogens with zero attached hydrogens (tertiary/aromatic N) is 3. The molecule has 0 saturated carbocycles. The van der Waals surface area contributed by atoms with E-state index >= 15 is 0 Å². The highest BCUT2D eigenvalue weighted by atomic mass is 35.5. The Balaban J connectivity index is 1.96. The third-order valence-corrected chi connectivity index (χ3v) is 2.99. The number of benzene rings is 1. The molecule has 2 aromatic heterocycles. The molecule has 102 valence electrons. The first-order chi connectivity index (χ1) is 9.67. The number of hydrogen-bond acceptors (Lipinski definition) is 5. The van der Waals surface area contributed by atoms with Crippen LogP contribution >= 0.6 is 11.6 Å². The van der Waals surface area contributed by atoms with Gasteiger partial charge in [-0.05, 0) is 23.8 Å². The molecule has 0 saturated heterocycles. The predicted molar refractivity (Wildman–Crippen MR) is 73.0 cm³/mol. The zero-order valence-electron chi connectivity index (χ0n) is 10.2. The van der Waals surface area contributed by atoms with Crippen molar-refractivity contribution in [2.24, 2.45) is 5.73 Å². The Bertz CT molecular complexity index is 826. The van der Waals surface area contributed by atoms with Crippen LogP contribution in [0.5, 0.6) is 11.6 Å². The molecule has 3 N–H and O–H groups in total. The van der Waals surface area contributed by atoms with Gasteiger partial charge in [0.1, 0.15) is 5.75 Å². The molecule has 0 spiro atoms. The van der Waals surface area contributed by atoms with Crippen molar-refractivity contribution in [1.82, 2.24) is 19.8 Å². The van der Waals surface area contributed by atoms with Crippen molar-refractivity contribution < 1.29 is 4.74 Å². The maximum absolute atomic E-state index is 11.4. The summed E-state index contributed by atoms with van der Waals surface area (Å²) in [6.45, 7) is 0.397. The molecule has 1 aromatic carbocycles. The summed E-state index contributed by atoms with van der Waals surface area (Å²) in [7, 11) is 0. The highest BCUT2D eigenvalue weighted by Crippen LogP contribution is 2.29. The summed E-state index contributed by atoms with van der Waals surface area (Å²) in [6, 6.07) is 8.45. The highest BCUT2D eigenvalue weighted by molar-refractivity contribution is 6.32. The quantitative estimate of drug-likeness (QED) is 0.758. The normalized spacial score (nSPS) is 10.9. The molecule has 0 fully saturated rings. The third kappa shape index (κ3) is 2.24. The van der Waals surface area contributed by atoms with Crippen LogP contribution in [0.3, 0.4) is 0 Å². The standard InChI is InChI=1S/C12H10ClN5O2/c13-8-5-7(6-14)1-2-9(8)20-11-4-3-10-15-16-12(19)18(10)17-11/h1-5H,6,14H2,(H,16,19). The van der Waals surface area contributed by atoms with Gasteiger partial charge in [0.25, 0.3) is 0 Å². The van der Waals surface area contributed by atoms with Crippen molar-refractivity contribution in [3.63, 3.8) is 0 Å². The second-order valence-electron chi connectivity index (χ2n) is 4.04. The lowest BCUT2D eigenvalue weighted by Gasteiger charge is -2.07. The minimum Gasteiger partial charge on any atom is -0.436 e. The molecule has 0 radical (unpaired) electrons. The summed E-state index contributed by atoms with van der Waals surface area (Å²) >= 11 is 6.09. The van der Waals surface area contributed by atoms with Crippen molar-refractivity contribution in [2.75, 3.05) is 0 Å². The van der Waals surface area contributed by atoms with Gasteiger partial charge in [0, 0.05) is 12.6 Å². The molecule has 7 nitrogen and oxygen atoms in total. The van der Waals surface area contributed by atoms with Gasteiger partial charge in [-0.3, -0.25) is 0 Å². The fourth-order valence-electron chi connectivity index (χ4n) is 1.71. The van der Waals surface area contributed by atoms with E-state index in [1.807, 2.05) is 6.07 Å². The van der Waals surface area contributed by atoms with Crippen molar-refractivity contribution in [3.8, 4) is 11.6 Å². The number of nitrogens with one attached hydrogen (secondary N) is 1. The van der Waals surface area contributed by atoms with E-state index in [9.17, 15) is 4.79 Å². The van der Waals surface area contributed by atoms with Gasteiger partial charge in [0.15, 0.2) is 5.65 Å². The van der Waals surface area contributed by atoms with Gasteiger partial charge in [-0.15, -0.1) is 5.10 Å². The molecule has 3 aromatic rings. The lowest BCUT2D eigenvalue weighted by atomic mass is 10.2. The summed E-state index contributed by atoms with van der Waals surface area (Å²) < 4.78 is 6.66. The van der Waals surface area contributed by atoms with E-state index in [-0.39, 0.29) is 5.88 Å². The molecular formula is C12H10ClN5O2. The van der Waals surface area contributed by atoms with Gasteiger partial charge in [-0.1, -0.05) is 17.7 Å². The molecule has 0 bridgehead atoms. The van der Waals surface area contributed by atoms with Gasteiger partial charge in [0.05, 0.1) is 5.02 Å². The number of ether oxygens (including phenoxy) is 1. The molecule has 20 heavy (non-hydrogen) atoms. The summed E-state index contributed by atoms with van der Waals surface area (Å²) in [5.74, 6) is 0.677. The molecule has 0 amide bonds. The van der Waals surface area contributed by atoms with Crippen LogP contribution in [0.15, 0.2) is 35.1 Å². The second-order valence-corrected chi connectivity index (χ2v) is 4.45. The van der Waals surface area contributed by atoms with Crippen LogP contribution in [0.4, 0.5) is 0 Å². The molecule has 0 atom stereocenters. The van der Waals surface area contributed by atoms with Gasteiger partial charge in [0.2, 0.25) is 5.88 Å². The zero-order chi connectivity index (χ0) is 14.1. The van der Waals surface area contributed by atoms with E-state index in [4.69, 9.17) is 22.1 Å². The number of aromatic amines is 1. The van der Waals surface area contributed by atoms with Gasteiger partial charge in [-0.2, -0.15) is 9.61 Å². The van der Waals surface area contributed by atoms with E-state index < -0.39 is 5.69 Å². The zero-order valence-corrected chi connectivity index (χ0v) is 11.0. The topological polar surface area (TPSA) is 98.3 Å². The Kier molecular flexibility index (Phi) is 3.13. The fraction of sp³-hybridized carbons (Fsp3) is 0.0833. The molecule has 0 aliphatic heterocycles. The summed E-state index contributed by atoms with van der Waals surface area (Å²) in [4.78, 5) is 11.4. The Labute approximate surface area is 117 Å². The SMILES string of the molecule is NCc1ccc(Oc2ccc3n[nH]c(=O)n3n2)c(Cl)c1. The van der Waals surface area contributed by atoms with E-state index in [1.54, 1.807) is 24.3 Å². The maximum atomic E-state index is 11.4. The number of aromatic nitrogens is 4. The lowest BCUT2D eigenvalue weighted by molar-refractivity contribution is 0.451. The van der Waals surface area contributed by atoms with Gasteiger partial charge in [-0.25, -0.2) is 9.89 Å². The maximum Gasteiger partial charge on any atom is 0.364 e. The first-order valence-corrected chi connectivity index (χ1v) is 6.16. The minimum atomic E-state index is -0.435. The number of hydrogen-bond donors (Lipinski definition) is 2. The Morgan fingerprint density at radius 2 is 2.20 bits per heavy atom. The number of halogens is 1. The number of fused-ring (bicyclic) bond motifs is 1. The van der Waals surface area contributed by atoms with Crippen LogP contribution in [0.1, 0.15) is 5.56 Å². The smallest absolute Gasteiger partial charge is 0.364 e. The van der Waals surface area contributed by atoms with Gasteiger partial charge >= 0.3 is 5.69 Å². The van der Waals surface area contributed by atoms with Gasteiger partial charge < -0.3 is 10.5 Å². The average Bonchev–Trinajstić information content (AvgIpc) is 2.82. The van der Waals surface area contributed by atoms with Crippen molar-refractivity contribution in [2.45, 2.75) is 6.54 Å². The monoisotopic (exact) mass is 291 g/mol. The molecule has 0 unspecified atom stereocenters. The van der Waals surface area contributed by atoms with Crippen LogP contribution in [0, 0.1) is 0 Å². The Morgan fingerprint density at radius 3 is 2.95 bits per heavy atom. The number of H-pyrrole nitrogens is 1. The van der Waals surface area contributed by atoms with Crippen LogP contribution in [0.2, 0.25) is 5.02 Å². The molecule has 0 aliphatic carbocycles. The van der Waals surface area contributed by atoms with Crippen molar-refractivity contribution in [3.05, 3.63) is 51.4 Å². The van der Waals surface area contributed by atoms with Crippen LogP contribution in [-0.4, -0.2) is 19.8 Å². The van der Waals surface area contributed by atoms with Crippen LogP contribution in [0.25, 0.3) is 5.65 Å². The fourth-order valence-corrected chi connectivity index (χ4v) is 1.95. The average molecular weight is 292 g/mol.